The Kier molecular flexibility index (Phi) is 5.20. The fraction of sp³-hybridized carbons (Fsp3) is 0.933. The number of rotatable bonds is 3. The van der Waals surface area contributed by atoms with Crippen LogP contribution >= 0.6 is 0 Å². The number of carbonyl (C=O) groups excluding carboxylic acids is 1. The number of ether oxygens (including phenoxy) is 3. The summed E-state index contributed by atoms with van der Waals surface area (Å²) in [6, 6.07) is 0. The second-order valence-electron chi connectivity index (χ2n) is 7.92. The Bertz CT molecular complexity index is 788. The van der Waals surface area contributed by atoms with Gasteiger partial charge in [-0.1, -0.05) is 0 Å². The van der Waals surface area contributed by atoms with Crippen LogP contribution in [0.5, 0.6) is 0 Å². The lowest BCUT2D eigenvalue weighted by molar-refractivity contribution is -0.252. The van der Waals surface area contributed by atoms with Crippen molar-refractivity contribution in [2.75, 3.05) is 13.2 Å². The first kappa shape index (κ1) is 22.6. The maximum atomic E-state index is 13.8. The molecule has 5 unspecified atom stereocenters. The third kappa shape index (κ3) is 3.83. The van der Waals surface area contributed by atoms with Crippen molar-refractivity contribution in [1.29, 1.82) is 0 Å². The minimum atomic E-state index is -6.09. The number of alkyl halides is 6. The van der Waals surface area contributed by atoms with Gasteiger partial charge in [-0.25, -0.2) is 4.79 Å². The second-order valence-corrected chi connectivity index (χ2v) is 9.38. The Hall–Kier alpha value is -1.12. The minimum Gasteiger partial charge on any atom is -0.454 e. The van der Waals surface area contributed by atoms with Gasteiger partial charge in [0.1, 0.15) is 18.8 Å². The molecule has 0 bridgehead atoms. The molecule has 29 heavy (non-hydrogen) atoms. The Labute approximate surface area is 161 Å². The molecule has 3 rings (SSSR count). The highest BCUT2D eigenvalue weighted by molar-refractivity contribution is 7.87. The van der Waals surface area contributed by atoms with Crippen LogP contribution in [0.25, 0.3) is 0 Å². The lowest BCUT2D eigenvalue weighted by Gasteiger charge is -2.55. The summed E-state index contributed by atoms with van der Waals surface area (Å²) in [6.07, 6.45) is -2.37. The van der Waals surface area contributed by atoms with E-state index in [9.17, 15) is 39.6 Å². The van der Waals surface area contributed by atoms with Crippen LogP contribution in [0.15, 0.2) is 0 Å². The first-order chi connectivity index (χ1) is 13.0. The first-order valence-electron chi connectivity index (χ1n) is 8.56. The van der Waals surface area contributed by atoms with Crippen LogP contribution in [0.2, 0.25) is 0 Å². The normalized spacial score (nSPS) is 39.2. The average Bonchev–Trinajstić information content (AvgIpc) is 2.55. The predicted molar refractivity (Wildman–Crippen MR) is 81.2 cm³/mol. The fourth-order valence-corrected chi connectivity index (χ4v) is 4.39. The SMILES string of the molecule is CC1(OC(=O)C(F)(F)S(=O)(=O)O)CC2CC3OCC(F)(F)C(F)(F)COC(C1)C23. The molecule has 0 amide bonds. The van der Waals surface area contributed by atoms with E-state index in [0.717, 1.165) is 6.92 Å². The molecule has 0 aromatic carbocycles. The molecule has 14 heteroatoms. The quantitative estimate of drug-likeness (QED) is 0.395. The maximum absolute atomic E-state index is 13.8. The van der Waals surface area contributed by atoms with Gasteiger partial charge in [0.05, 0.1) is 12.2 Å². The van der Waals surface area contributed by atoms with Crippen LogP contribution in [-0.2, 0) is 29.1 Å². The van der Waals surface area contributed by atoms with Crippen LogP contribution in [0.4, 0.5) is 26.3 Å². The standard InChI is InChI=1S/C15H18F6O7S/c1-12(28-11(22)15(20,21)29(23,24)25)3-7-2-8-10(7)9(4-12)27-6-14(18,19)13(16,17)5-26-8/h7-10H,2-6H2,1H3,(H,23,24,25). The molecule has 0 aromatic rings. The minimum absolute atomic E-state index is 0.0720. The van der Waals surface area contributed by atoms with Crippen molar-refractivity contribution in [3.05, 3.63) is 0 Å². The molecule has 5 atom stereocenters. The summed E-state index contributed by atoms with van der Waals surface area (Å²) < 4.78 is 126. The molecule has 0 radical (unpaired) electrons. The monoisotopic (exact) mass is 456 g/mol. The number of carbonyl (C=O) groups is 1. The van der Waals surface area contributed by atoms with E-state index in [1.165, 1.54) is 0 Å². The Morgan fingerprint density at radius 2 is 1.59 bits per heavy atom. The topological polar surface area (TPSA) is 99.1 Å². The summed E-state index contributed by atoms with van der Waals surface area (Å²) in [5, 5.41) is -5.23. The highest BCUT2D eigenvalue weighted by Crippen LogP contribution is 2.53. The van der Waals surface area contributed by atoms with Gasteiger partial charge in [-0.2, -0.15) is 34.8 Å². The summed E-state index contributed by atoms with van der Waals surface area (Å²) in [5.41, 5.74) is -1.76. The van der Waals surface area contributed by atoms with Crippen LogP contribution in [0, 0.1) is 11.8 Å². The molecule has 168 valence electrons. The summed E-state index contributed by atoms with van der Waals surface area (Å²) in [5.74, 6) is -12.6. The molecule has 1 N–H and O–H groups in total. The molecular weight excluding hydrogens is 438 g/mol. The average molecular weight is 456 g/mol. The zero-order valence-electron chi connectivity index (χ0n) is 14.9. The van der Waals surface area contributed by atoms with E-state index in [1.54, 1.807) is 0 Å². The number of halogens is 6. The fourth-order valence-electron chi connectivity index (χ4n) is 4.14. The molecule has 1 heterocycles. The predicted octanol–water partition coefficient (Wildman–Crippen LogP) is 2.25. The van der Waals surface area contributed by atoms with Crippen molar-refractivity contribution in [3.63, 3.8) is 0 Å². The van der Waals surface area contributed by atoms with E-state index in [0.29, 0.717) is 0 Å². The Morgan fingerprint density at radius 1 is 1.07 bits per heavy atom. The Balaban J connectivity index is 1.80. The summed E-state index contributed by atoms with van der Waals surface area (Å²) in [7, 11) is -6.09. The van der Waals surface area contributed by atoms with Gasteiger partial charge >= 0.3 is 33.2 Å². The first-order valence-corrected chi connectivity index (χ1v) is 10.0. The Morgan fingerprint density at radius 3 is 2.10 bits per heavy atom. The molecule has 0 aromatic heterocycles. The van der Waals surface area contributed by atoms with E-state index in [1.807, 2.05) is 0 Å². The van der Waals surface area contributed by atoms with Crippen molar-refractivity contribution in [2.45, 2.75) is 61.1 Å². The van der Waals surface area contributed by atoms with E-state index in [-0.39, 0.29) is 12.8 Å². The van der Waals surface area contributed by atoms with Crippen molar-refractivity contribution in [3.8, 4) is 0 Å². The molecule has 2 saturated carbocycles. The molecule has 3 aliphatic rings. The highest BCUT2D eigenvalue weighted by Gasteiger charge is 2.63. The van der Waals surface area contributed by atoms with Gasteiger partial charge < -0.3 is 14.2 Å². The van der Waals surface area contributed by atoms with Gasteiger partial charge in [-0.3, -0.25) is 4.55 Å². The van der Waals surface area contributed by atoms with Crippen molar-refractivity contribution in [1.82, 2.24) is 0 Å². The molecular formula is C15H18F6O7S. The van der Waals surface area contributed by atoms with Crippen LogP contribution in [0.1, 0.15) is 26.2 Å². The smallest absolute Gasteiger partial charge is 0.454 e. The van der Waals surface area contributed by atoms with Crippen molar-refractivity contribution < 1.29 is 58.3 Å². The van der Waals surface area contributed by atoms with Gasteiger partial charge in [0.2, 0.25) is 0 Å². The third-order valence-corrected chi connectivity index (χ3v) is 6.47. The van der Waals surface area contributed by atoms with Gasteiger partial charge in [0, 0.05) is 12.3 Å². The molecule has 2 aliphatic carbocycles. The van der Waals surface area contributed by atoms with Gasteiger partial charge in [-0.15, -0.1) is 0 Å². The van der Waals surface area contributed by atoms with Crippen LogP contribution in [0.3, 0.4) is 0 Å². The van der Waals surface area contributed by atoms with Crippen LogP contribution < -0.4 is 0 Å². The lowest BCUT2D eigenvalue weighted by atomic mass is 9.58. The van der Waals surface area contributed by atoms with E-state index >= 15 is 0 Å². The van der Waals surface area contributed by atoms with Gasteiger partial charge in [-0.05, 0) is 25.7 Å². The lowest BCUT2D eigenvalue weighted by Crippen LogP contribution is -2.60. The van der Waals surface area contributed by atoms with Gasteiger partial charge in [0.15, 0.2) is 0 Å². The largest absolute Gasteiger partial charge is 0.465 e. The number of hydrogen-bond donors (Lipinski definition) is 1. The van der Waals surface area contributed by atoms with Gasteiger partial charge in [0.25, 0.3) is 0 Å². The van der Waals surface area contributed by atoms with Crippen molar-refractivity contribution in [2.24, 2.45) is 11.8 Å². The van der Waals surface area contributed by atoms with Crippen LogP contribution in [-0.4, -0.2) is 67.1 Å². The zero-order chi connectivity index (χ0) is 22.0. The third-order valence-electron chi connectivity index (χ3n) is 5.66. The summed E-state index contributed by atoms with van der Waals surface area (Å²) in [6.45, 7) is -2.00. The molecule has 3 fully saturated rings. The molecule has 0 spiro atoms. The number of esters is 1. The summed E-state index contributed by atoms with van der Waals surface area (Å²) >= 11 is 0. The van der Waals surface area contributed by atoms with Crippen molar-refractivity contribution >= 4 is 16.1 Å². The maximum Gasteiger partial charge on any atom is 0.465 e. The highest BCUT2D eigenvalue weighted by atomic mass is 32.2. The van der Waals surface area contributed by atoms with E-state index in [2.05, 4.69) is 4.74 Å². The van der Waals surface area contributed by atoms with E-state index < -0.39 is 82.5 Å². The number of hydrogen-bond acceptors (Lipinski definition) is 6. The molecule has 1 aliphatic heterocycles. The zero-order valence-corrected chi connectivity index (χ0v) is 15.7. The molecule has 1 saturated heterocycles. The molecule has 7 nitrogen and oxygen atoms in total. The van der Waals surface area contributed by atoms with E-state index in [4.69, 9.17) is 14.0 Å². The second kappa shape index (κ2) is 6.69. The summed E-state index contributed by atoms with van der Waals surface area (Å²) in [4.78, 5) is 11.6.